The van der Waals surface area contributed by atoms with Gasteiger partial charge in [-0.3, -0.25) is 9.48 Å². The van der Waals surface area contributed by atoms with Crippen LogP contribution in [-0.4, -0.2) is 51.9 Å². The number of hydrogen-bond acceptors (Lipinski definition) is 6. The lowest BCUT2D eigenvalue weighted by Gasteiger charge is -2.34. The summed E-state index contributed by atoms with van der Waals surface area (Å²) in [6.45, 7) is 7.32. The highest BCUT2D eigenvalue weighted by atomic mass is 32.1. The summed E-state index contributed by atoms with van der Waals surface area (Å²) >= 11 is 1.56. The summed E-state index contributed by atoms with van der Waals surface area (Å²) in [4.78, 5) is 19.0. The van der Waals surface area contributed by atoms with Gasteiger partial charge in [0.05, 0.1) is 18.9 Å². The van der Waals surface area contributed by atoms with Gasteiger partial charge in [0.2, 0.25) is 0 Å². The number of carbonyl (C=O) groups is 1. The van der Waals surface area contributed by atoms with Gasteiger partial charge >= 0.3 is 0 Å². The van der Waals surface area contributed by atoms with Crippen molar-refractivity contribution >= 4 is 17.2 Å². The Morgan fingerprint density at radius 3 is 2.88 bits per heavy atom. The van der Waals surface area contributed by atoms with Gasteiger partial charge in [-0.05, 0) is 20.8 Å². The quantitative estimate of drug-likeness (QED) is 0.841. The van der Waals surface area contributed by atoms with Gasteiger partial charge in [0.1, 0.15) is 16.7 Å². The number of thiazole rings is 1. The van der Waals surface area contributed by atoms with Crippen molar-refractivity contribution in [2.75, 3.05) is 26.4 Å². The van der Waals surface area contributed by atoms with Crippen LogP contribution >= 0.6 is 11.3 Å². The predicted octanol–water partition coefficient (Wildman–Crippen LogP) is 1.78. The Bertz CT molecular complexity index is 740. The lowest BCUT2D eigenvalue weighted by Crippen LogP contribution is -2.45. The molecule has 130 valence electrons. The van der Waals surface area contributed by atoms with Crippen LogP contribution in [0.15, 0.2) is 5.38 Å². The molecule has 0 radical (unpaired) electrons. The van der Waals surface area contributed by atoms with Crippen molar-refractivity contribution in [3.63, 3.8) is 0 Å². The van der Waals surface area contributed by atoms with Crippen LogP contribution in [0.1, 0.15) is 28.1 Å². The summed E-state index contributed by atoms with van der Waals surface area (Å²) in [5.74, 6) is 0.625. The molecule has 2 aromatic rings. The number of ether oxygens (including phenoxy) is 2. The molecule has 1 saturated heterocycles. The molecule has 24 heavy (non-hydrogen) atoms. The van der Waals surface area contributed by atoms with Gasteiger partial charge in [0.15, 0.2) is 12.4 Å². The van der Waals surface area contributed by atoms with Crippen LogP contribution in [0.3, 0.4) is 0 Å². The second-order valence-corrected chi connectivity index (χ2v) is 6.81. The fourth-order valence-corrected chi connectivity index (χ4v) is 3.70. The van der Waals surface area contributed by atoms with E-state index in [1.807, 2.05) is 38.1 Å². The van der Waals surface area contributed by atoms with Crippen molar-refractivity contribution in [1.82, 2.24) is 19.7 Å². The molecule has 1 unspecified atom stereocenters. The van der Waals surface area contributed by atoms with E-state index in [-0.39, 0.29) is 18.6 Å². The summed E-state index contributed by atoms with van der Waals surface area (Å²) in [6.07, 6.45) is 0. The summed E-state index contributed by atoms with van der Waals surface area (Å²) in [5, 5.41) is 7.21. The van der Waals surface area contributed by atoms with E-state index in [0.29, 0.717) is 25.5 Å². The molecule has 7 nitrogen and oxygen atoms in total. The molecule has 1 atom stereocenters. The van der Waals surface area contributed by atoms with Gasteiger partial charge in [0.25, 0.3) is 5.91 Å². The van der Waals surface area contributed by atoms with Crippen LogP contribution in [0.4, 0.5) is 0 Å². The average Bonchev–Trinajstić information content (AvgIpc) is 3.10. The van der Waals surface area contributed by atoms with Crippen LogP contribution in [-0.2, 0) is 16.6 Å². The van der Waals surface area contributed by atoms with Crippen LogP contribution in [0.2, 0.25) is 0 Å². The SMILES string of the molecule is Cc1csc(C2COCCN2C(=O)COc2c(C)nn(C)c2C)n1. The number of aryl methyl sites for hydroxylation is 3. The Morgan fingerprint density at radius 1 is 1.46 bits per heavy atom. The summed E-state index contributed by atoms with van der Waals surface area (Å²) in [6, 6.07) is -0.135. The Balaban J connectivity index is 1.70. The molecular formula is C16H22N4O3S. The van der Waals surface area contributed by atoms with E-state index in [4.69, 9.17) is 9.47 Å². The molecule has 1 aliphatic heterocycles. The maximum absolute atomic E-state index is 12.7. The third-order valence-electron chi connectivity index (χ3n) is 4.15. The van der Waals surface area contributed by atoms with E-state index in [9.17, 15) is 4.79 Å². The van der Waals surface area contributed by atoms with Crippen molar-refractivity contribution < 1.29 is 14.3 Å². The maximum Gasteiger partial charge on any atom is 0.261 e. The van der Waals surface area contributed by atoms with Crippen LogP contribution < -0.4 is 4.74 Å². The number of hydrogen-bond donors (Lipinski definition) is 0. The monoisotopic (exact) mass is 350 g/mol. The average molecular weight is 350 g/mol. The molecule has 0 N–H and O–H groups in total. The maximum atomic E-state index is 12.7. The molecule has 1 aliphatic rings. The topological polar surface area (TPSA) is 69.5 Å². The Kier molecular flexibility index (Phi) is 4.86. The molecule has 0 bridgehead atoms. The van der Waals surface area contributed by atoms with Crippen molar-refractivity contribution in [3.8, 4) is 5.75 Å². The molecule has 0 spiro atoms. The Morgan fingerprint density at radius 2 is 2.25 bits per heavy atom. The third-order valence-corrected chi connectivity index (χ3v) is 5.22. The summed E-state index contributed by atoms with van der Waals surface area (Å²) < 4.78 is 13.1. The van der Waals surface area contributed by atoms with E-state index < -0.39 is 0 Å². The van der Waals surface area contributed by atoms with Crippen molar-refractivity contribution in [3.05, 3.63) is 27.5 Å². The highest BCUT2D eigenvalue weighted by Gasteiger charge is 2.31. The Labute approximate surface area is 145 Å². The smallest absolute Gasteiger partial charge is 0.261 e. The zero-order valence-corrected chi connectivity index (χ0v) is 15.2. The second kappa shape index (κ2) is 6.90. The second-order valence-electron chi connectivity index (χ2n) is 5.92. The number of rotatable bonds is 4. The van der Waals surface area contributed by atoms with E-state index >= 15 is 0 Å². The largest absolute Gasteiger partial charge is 0.480 e. The first kappa shape index (κ1) is 16.9. The minimum atomic E-state index is -0.135. The van der Waals surface area contributed by atoms with Gasteiger partial charge < -0.3 is 14.4 Å². The fraction of sp³-hybridized carbons (Fsp3) is 0.562. The van der Waals surface area contributed by atoms with E-state index in [2.05, 4.69) is 10.1 Å². The van der Waals surface area contributed by atoms with E-state index in [1.54, 1.807) is 16.0 Å². The molecule has 1 fully saturated rings. The van der Waals surface area contributed by atoms with E-state index in [0.717, 1.165) is 22.1 Å². The normalized spacial score (nSPS) is 18.0. The van der Waals surface area contributed by atoms with Crippen molar-refractivity contribution in [2.45, 2.75) is 26.8 Å². The van der Waals surface area contributed by atoms with Crippen molar-refractivity contribution in [1.29, 1.82) is 0 Å². The number of morpholine rings is 1. The molecule has 8 heteroatoms. The molecule has 1 amide bonds. The predicted molar refractivity (Wildman–Crippen MR) is 90.3 cm³/mol. The van der Waals surface area contributed by atoms with Gasteiger partial charge in [-0.15, -0.1) is 11.3 Å². The van der Waals surface area contributed by atoms with Crippen LogP contribution in [0.5, 0.6) is 5.75 Å². The number of amides is 1. The zero-order valence-electron chi connectivity index (χ0n) is 14.4. The number of aromatic nitrogens is 3. The van der Waals surface area contributed by atoms with E-state index in [1.165, 1.54) is 0 Å². The van der Waals surface area contributed by atoms with Crippen molar-refractivity contribution in [2.24, 2.45) is 7.05 Å². The highest BCUT2D eigenvalue weighted by Crippen LogP contribution is 2.27. The number of carbonyl (C=O) groups excluding carboxylic acids is 1. The minimum Gasteiger partial charge on any atom is -0.480 e. The highest BCUT2D eigenvalue weighted by molar-refractivity contribution is 7.09. The van der Waals surface area contributed by atoms with Gasteiger partial charge in [-0.2, -0.15) is 5.10 Å². The summed E-state index contributed by atoms with van der Waals surface area (Å²) in [5.41, 5.74) is 2.66. The molecule has 0 aromatic carbocycles. The van der Waals surface area contributed by atoms with Crippen LogP contribution in [0, 0.1) is 20.8 Å². The van der Waals surface area contributed by atoms with Gasteiger partial charge in [-0.25, -0.2) is 4.98 Å². The van der Waals surface area contributed by atoms with Gasteiger partial charge in [0, 0.05) is 24.7 Å². The molecule has 2 aromatic heterocycles. The first-order valence-corrected chi connectivity index (χ1v) is 8.77. The van der Waals surface area contributed by atoms with Crippen LogP contribution in [0.25, 0.3) is 0 Å². The minimum absolute atomic E-state index is 0.00572. The zero-order chi connectivity index (χ0) is 17.3. The number of nitrogens with zero attached hydrogens (tertiary/aromatic N) is 4. The lowest BCUT2D eigenvalue weighted by atomic mass is 10.2. The standard InChI is InChI=1S/C16H22N4O3S/c1-10-9-24-16(17-10)13-7-22-6-5-20(13)14(21)8-23-15-11(2)18-19(4)12(15)3/h9,13H,5-8H2,1-4H3. The molecule has 0 aliphatic carbocycles. The molecule has 3 rings (SSSR count). The first-order chi connectivity index (χ1) is 11.5. The molecular weight excluding hydrogens is 328 g/mol. The fourth-order valence-electron chi connectivity index (χ4n) is 2.81. The molecule has 0 saturated carbocycles. The lowest BCUT2D eigenvalue weighted by molar-refractivity contribution is -0.142. The first-order valence-electron chi connectivity index (χ1n) is 7.89. The summed E-state index contributed by atoms with van der Waals surface area (Å²) in [7, 11) is 1.86. The Hall–Kier alpha value is -1.93. The third kappa shape index (κ3) is 3.29. The van der Waals surface area contributed by atoms with Gasteiger partial charge in [-0.1, -0.05) is 0 Å². The molecule has 3 heterocycles.